The van der Waals surface area contributed by atoms with Crippen molar-refractivity contribution >= 4 is 29.1 Å². The van der Waals surface area contributed by atoms with Crippen LogP contribution in [-0.4, -0.2) is 24.4 Å². The molecule has 0 heterocycles. The number of hydrogen-bond donors (Lipinski definition) is 0. The lowest BCUT2D eigenvalue weighted by atomic mass is 10.1. The second-order valence-corrected chi connectivity index (χ2v) is 5.83. The maximum Gasteiger partial charge on any atom is 0.273 e. The van der Waals surface area contributed by atoms with E-state index in [1.165, 1.54) is 19.3 Å². The molecule has 0 bridgehead atoms. The van der Waals surface area contributed by atoms with E-state index in [0.29, 0.717) is 34.3 Å². The van der Waals surface area contributed by atoms with Gasteiger partial charge in [-0.3, -0.25) is 14.9 Å². The van der Waals surface area contributed by atoms with E-state index in [4.69, 9.17) is 21.1 Å². The first-order chi connectivity index (χ1) is 12.4. The smallest absolute Gasteiger partial charge is 0.273 e. The summed E-state index contributed by atoms with van der Waals surface area (Å²) in [7, 11) is 1.49. The molecule has 7 heteroatoms. The number of nitrogens with zero attached hydrogens (tertiary/aromatic N) is 1. The highest BCUT2D eigenvalue weighted by atomic mass is 35.5. The predicted molar refractivity (Wildman–Crippen MR) is 100 cm³/mol. The minimum absolute atomic E-state index is 0.0876. The quantitative estimate of drug-likeness (QED) is 0.299. The van der Waals surface area contributed by atoms with Gasteiger partial charge in [-0.15, -0.1) is 0 Å². The lowest BCUT2D eigenvalue weighted by Crippen LogP contribution is -1.99. The molecule has 136 valence electrons. The zero-order valence-electron chi connectivity index (χ0n) is 14.6. The van der Waals surface area contributed by atoms with Crippen molar-refractivity contribution in [2.24, 2.45) is 0 Å². The predicted octanol–water partition coefficient (Wildman–Crippen LogP) is 4.86. The molecule has 2 aromatic carbocycles. The third-order valence-corrected chi connectivity index (χ3v) is 3.93. The minimum atomic E-state index is -0.507. The molecule has 0 radical (unpaired) electrons. The third kappa shape index (κ3) is 4.40. The number of ketones is 1. The Morgan fingerprint density at radius 3 is 2.65 bits per heavy atom. The first-order valence-corrected chi connectivity index (χ1v) is 8.23. The van der Waals surface area contributed by atoms with Gasteiger partial charge in [0, 0.05) is 17.2 Å². The van der Waals surface area contributed by atoms with Crippen molar-refractivity contribution in [1.82, 2.24) is 0 Å². The van der Waals surface area contributed by atoms with E-state index < -0.39 is 4.92 Å². The summed E-state index contributed by atoms with van der Waals surface area (Å²) in [5.74, 6) is 0.546. The van der Waals surface area contributed by atoms with E-state index in [9.17, 15) is 14.9 Å². The van der Waals surface area contributed by atoms with Gasteiger partial charge in [-0.25, -0.2) is 0 Å². The maximum atomic E-state index is 12.3. The van der Waals surface area contributed by atoms with Gasteiger partial charge in [0.2, 0.25) is 0 Å². The molecular weight excluding hydrogens is 358 g/mol. The number of aryl methyl sites for hydroxylation is 1. The van der Waals surface area contributed by atoms with Crippen molar-refractivity contribution in [2.75, 3.05) is 13.7 Å². The number of nitro benzene ring substituents is 1. The van der Waals surface area contributed by atoms with Crippen molar-refractivity contribution in [3.05, 3.63) is 68.2 Å². The highest BCUT2D eigenvalue weighted by Crippen LogP contribution is 2.36. The van der Waals surface area contributed by atoms with Crippen LogP contribution in [0, 0.1) is 17.0 Å². The monoisotopic (exact) mass is 375 g/mol. The molecule has 0 unspecified atom stereocenters. The largest absolute Gasteiger partial charge is 0.491 e. The van der Waals surface area contributed by atoms with Crippen LogP contribution < -0.4 is 9.47 Å². The van der Waals surface area contributed by atoms with Crippen LogP contribution in [0.15, 0.2) is 36.4 Å². The summed E-state index contributed by atoms with van der Waals surface area (Å²) in [5, 5.41) is 11.4. The van der Waals surface area contributed by atoms with Crippen molar-refractivity contribution in [2.45, 2.75) is 13.8 Å². The van der Waals surface area contributed by atoms with E-state index >= 15 is 0 Å². The van der Waals surface area contributed by atoms with Gasteiger partial charge >= 0.3 is 0 Å². The standard InChI is InChI=1S/C19H18ClNO5/c1-4-26-18-10-13(9-15(20)19(18)25-3)6-8-17(22)14-7-5-12(2)16(11-14)21(23)24/h5-11H,4H2,1-3H3/b8-6+. The Balaban J connectivity index is 2.31. The Bertz CT molecular complexity index is 876. The summed E-state index contributed by atoms with van der Waals surface area (Å²) in [5.41, 5.74) is 1.30. The van der Waals surface area contributed by atoms with Crippen LogP contribution in [0.1, 0.15) is 28.4 Å². The number of rotatable bonds is 7. The van der Waals surface area contributed by atoms with E-state index in [-0.39, 0.29) is 17.0 Å². The minimum Gasteiger partial charge on any atom is -0.491 e. The summed E-state index contributed by atoms with van der Waals surface area (Å²) < 4.78 is 10.7. The van der Waals surface area contributed by atoms with Gasteiger partial charge in [0.1, 0.15) is 0 Å². The first-order valence-electron chi connectivity index (χ1n) is 7.85. The number of halogens is 1. The van der Waals surface area contributed by atoms with Gasteiger partial charge in [0.15, 0.2) is 17.3 Å². The molecule has 0 saturated heterocycles. The lowest BCUT2D eigenvalue weighted by molar-refractivity contribution is -0.385. The van der Waals surface area contributed by atoms with Crippen LogP contribution >= 0.6 is 11.6 Å². The van der Waals surface area contributed by atoms with Crippen LogP contribution in [0.3, 0.4) is 0 Å². The van der Waals surface area contributed by atoms with Gasteiger partial charge in [0.05, 0.1) is 23.7 Å². The number of carbonyl (C=O) groups excluding carboxylic acids is 1. The third-order valence-electron chi connectivity index (χ3n) is 3.65. The molecule has 0 atom stereocenters. The zero-order valence-corrected chi connectivity index (χ0v) is 15.4. The van der Waals surface area contributed by atoms with Gasteiger partial charge in [-0.2, -0.15) is 0 Å². The molecule has 2 aromatic rings. The Kier molecular flexibility index (Phi) is 6.36. The number of nitro groups is 1. The fourth-order valence-electron chi connectivity index (χ4n) is 2.37. The molecule has 0 amide bonds. The molecule has 0 spiro atoms. The number of hydrogen-bond acceptors (Lipinski definition) is 5. The van der Waals surface area contributed by atoms with Crippen LogP contribution in [0.5, 0.6) is 11.5 Å². The second-order valence-electron chi connectivity index (χ2n) is 5.42. The zero-order chi connectivity index (χ0) is 19.3. The van der Waals surface area contributed by atoms with Gasteiger partial charge < -0.3 is 9.47 Å². The molecule has 26 heavy (non-hydrogen) atoms. The van der Waals surface area contributed by atoms with E-state index in [1.54, 1.807) is 37.3 Å². The number of carbonyl (C=O) groups is 1. The molecular formula is C19H18ClNO5. The Morgan fingerprint density at radius 2 is 2.04 bits per heavy atom. The first kappa shape index (κ1) is 19.5. The Morgan fingerprint density at radius 1 is 1.31 bits per heavy atom. The molecule has 0 fully saturated rings. The lowest BCUT2D eigenvalue weighted by Gasteiger charge is -2.11. The number of allylic oxidation sites excluding steroid dienone is 1. The maximum absolute atomic E-state index is 12.3. The molecule has 0 aliphatic heterocycles. The highest BCUT2D eigenvalue weighted by molar-refractivity contribution is 6.32. The van der Waals surface area contributed by atoms with Gasteiger partial charge in [-0.05, 0) is 37.6 Å². The van der Waals surface area contributed by atoms with Crippen LogP contribution in [-0.2, 0) is 0 Å². The van der Waals surface area contributed by atoms with Crippen molar-refractivity contribution in [3.8, 4) is 11.5 Å². The fourth-order valence-corrected chi connectivity index (χ4v) is 2.67. The topological polar surface area (TPSA) is 78.7 Å². The molecule has 0 aromatic heterocycles. The molecule has 0 aliphatic rings. The molecule has 0 saturated carbocycles. The number of benzene rings is 2. The van der Waals surface area contributed by atoms with Gasteiger partial charge in [0.25, 0.3) is 5.69 Å². The SMILES string of the molecule is CCOc1cc(/C=C/C(=O)c2ccc(C)c([N+](=O)[O-])c2)cc(Cl)c1OC. The molecule has 0 aliphatic carbocycles. The van der Waals surface area contributed by atoms with Gasteiger partial charge in [-0.1, -0.05) is 29.8 Å². The number of ether oxygens (including phenoxy) is 2. The van der Waals surface area contributed by atoms with Crippen LogP contribution in [0.4, 0.5) is 5.69 Å². The van der Waals surface area contributed by atoms with Crippen molar-refractivity contribution < 1.29 is 19.2 Å². The molecule has 6 nitrogen and oxygen atoms in total. The Hall–Kier alpha value is -2.86. The van der Waals surface area contributed by atoms with Crippen LogP contribution in [0.25, 0.3) is 6.08 Å². The average molecular weight is 376 g/mol. The highest BCUT2D eigenvalue weighted by Gasteiger charge is 2.14. The van der Waals surface area contributed by atoms with Crippen LogP contribution in [0.2, 0.25) is 5.02 Å². The van der Waals surface area contributed by atoms with E-state index in [0.717, 1.165) is 0 Å². The summed E-state index contributed by atoms with van der Waals surface area (Å²) in [6.45, 7) is 3.90. The summed E-state index contributed by atoms with van der Waals surface area (Å²) >= 11 is 6.18. The average Bonchev–Trinajstić information content (AvgIpc) is 2.60. The molecule has 0 N–H and O–H groups in total. The van der Waals surface area contributed by atoms with E-state index in [1.807, 2.05) is 6.92 Å². The summed E-state index contributed by atoms with van der Waals surface area (Å²) in [6.07, 6.45) is 2.91. The fraction of sp³-hybridized carbons (Fsp3) is 0.211. The molecule has 2 rings (SSSR count). The Labute approximate surface area is 156 Å². The normalized spacial score (nSPS) is 10.8. The second kappa shape index (κ2) is 8.49. The van der Waals surface area contributed by atoms with E-state index in [2.05, 4.69) is 0 Å². The summed E-state index contributed by atoms with van der Waals surface area (Å²) in [4.78, 5) is 22.8. The summed E-state index contributed by atoms with van der Waals surface area (Å²) in [6, 6.07) is 7.73. The van der Waals surface area contributed by atoms with Crippen molar-refractivity contribution in [3.63, 3.8) is 0 Å². The van der Waals surface area contributed by atoms with Crippen molar-refractivity contribution in [1.29, 1.82) is 0 Å². The number of methoxy groups -OCH3 is 1.